The Bertz CT molecular complexity index is 571. The van der Waals surface area contributed by atoms with E-state index in [9.17, 15) is 0 Å². The van der Waals surface area contributed by atoms with Crippen molar-refractivity contribution in [3.05, 3.63) is 11.7 Å². The largest absolute Gasteiger partial charge is 0.356 e. The molecule has 25 heavy (non-hydrogen) atoms. The first-order chi connectivity index (χ1) is 11.6. The van der Waals surface area contributed by atoms with E-state index in [1.165, 1.54) is 19.3 Å². The lowest BCUT2D eigenvalue weighted by Gasteiger charge is -2.20. The zero-order valence-electron chi connectivity index (χ0n) is 15.7. The summed E-state index contributed by atoms with van der Waals surface area (Å²) in [5.74, 6) is 2.60. The molecule has 0 amide bonds. The first kappa shape index (κ1) is 20.4. The van der Waals surface area contributed by atoms with Gasteiger partial charge in [-0.25, -0.2) is 0 Å². The molecule has 0 bridgehead atoms. The maximum Gasteiger partial charge on any atom is 0.228 e. The molecule has 1 saturated carbocycles. The van der Waals surface area contributed by atoms with Crippen LogP contribution in [0.15, 0.2) is 9.52 Å². The summed E-state index contributed by atoms with van der Waals surface area (Å²) in [6, 6.07) is 1.97. The number of aromatic nitrogens is 2. The number of likely N-dealkylation sites (tertiary alicyclic amines) is 1. The zero-order valence-corrected chi connectivity index (χ0v) is 18.0. The molecule has 2 atom stereocenters. The molecule has 8 heteroatoms. The number of halogens is 1. The second kappa shape index (κ2) is 9.16. The third-order valence-electron chi connectivity index (χ3n) is 4.83. The monoisotopic (exact) mass is 462 g/mol. The van der Waals surface area contributed by atoms with E-state index in [0.29, 0.717) is 30.3 Å². The minimum absolute atomic E-state index is 0. The molecule has 2 unspecified atom stereocenters. The number of aliphatic imine (C=N–C) groups is 1. The van der Waals surface area contributed by atoms with Gasteiger partial charge in [0.25, 0.3) is 0 Å². The van der Waals surface area contributed by atoms with E-state index in [4.69, 9.17) is 4.52 Å². The van der Waals surface area contributed by atoms with Gasteiger partial charge in [-0.3, -0.25) is 9.89 Å². The second-order valence-electron chi connectivity index (χ2n) is 7.30. The van der Waals surface area contributed by atoms with Gasteiger partial charge in [0.2, 0.25) is 5.89 Å². The van der Waals surface area contributed by atoms with Crippen molar-refractivity contribution in [3.63, 3.8) is 0 Å². The summed E-state index contributed by atoms with van der Waals surface area (Å²) in [7, 11) is 1.82. The summed E-state index contributed by atoms with van der Waals surface area (Å²) < 4.78 is 5.27. The molecule has 1 saturated heterocycles. The van der Waals surface area contributed by atoms with Gasteiger partial charge in [-0.15, -0.1) is 24.0 Å². The van der Waals surface area contributed by atoms with Crippen LogP contribution in [0.1, 0.15) is 57.7 Å². The van der Waals surface area contributed by atoms with Crippen molar-refractivity contribution in [3.8, 4) is 0 Å². The summed E-state index contributed by atoms with van der Waals surface area (Å²) in [5.41, 5.74) is 0. The highest BCUT2D eigenvalue weighted by Crippen LogP contribution is 2.33. The summed E-state index contributed by atoms with van der Waals surface area (Å²) >= 11 is 0. The highest BCUT2D eigenvalue weighted by molar-refractivity contribution is 14.0. The van der Waals surface area contributed by atoms with Gasteiger partial charge in [-0.2, -0.15) is 4.98 Å². The summed E-state index contributed by atoms with van der Waals surface area (Å²) in [4.78, 5) is 11.4. The van der Waals surface area contributed by atoms with Crippen LogP contribution in [0.5, 0.6) is 0 Å². The van der Waals surface area contributed by atoms with Gasteiger partial charge in [-0.1, -0.05) is 19.0 Å². The van der Waals surface area contributed by atoms with E-state index in [1.54, 1.807) is 0 Å². The molecule has 2 N–H and O–H groups in total. The topological polar surface area (TPSA) is 78.6 Å². The Balaban J connectivity index is 0.00000225. The molecule has 1 aliphatic carbocycles. The number of hydrogen-bond acceptors (Lipinski definition) is 5. The maximum atomic E-state index is 5.27. The van der Waals surface area contributed by atoms with Crippen molar-refractivity contribution in [2.24, 2.45) is 4.99 Å². The molecule has 2 fully saturated rings. The van der Waals surface area contributed by atoms with Crippen molar-refractivity contribution in [1.82, 2.24) is 25.7 Å². The third kappa shape index (κ3) is 5.54. The lowest BCUT2D eigenvalue weighted by Crippen LogP contribution is -2.45. The molecule has 2 aliphatic rings. The Morgan fingerprint density at radius 1 is 1.40 bits per heavy atom. The fourth-order valence-corrected chi connectivity index (χ4v) is 3.36. The minimum Gasteiger partial charge on any atom is -0.356 e. The van der Waals surface area contributed by atoms with Crippen LogP contribution in [-0.2, 0) is 6.42 Å². The van der Waals surface area contributed by atoms with Gasteiger partial charge in [0.1, 0.15) is 0 Å². The van der Waals surface area contributed by atoms with Crippen LogP contribution in [0.2, 0.25) is 0 Å². The van der Waals surface area contributed by atoms with E-state index in [2.05, 4.69) is 51.4 Å². The van der Waals surface area contributed by atoms with E-state index >= 15 is 0 Å². The Kier molecular flexibility index (Phi) is 7.48. The van der Waals surface area contributed by atoms with Crippen LogP contribution >= 0.6 is 24.0 Å². The Labute approximate surface area is 167 Å². The van der Waals surface area contributed by atoms with Gasteiger partial charge < -0.3 is 15.2 Å². The van der Waals surface area contributed by atoms with E-state index < -0.39 is 0 Å². The smallest absolute Gasteiger partial charge is 0.228 e. The molecule has 0 radical (unpaired) electrons. The van der Waals surface area contributed by atoms with Crippen molar-refractivity contribution >= 4 is 29.9 Å². The van der Waals surface area contributed by atoms with Crippen molar-refractivity contribution in [2.75, 3.05) is 20.1 Å². The molecule has 0 spiro atoms. The fourth-order valence-electron chi connectivity index (χ4n) is 3.36. The first-order valence-electron chi connectivity index (χ1n) is 9.12. The quantitative estimate of drug-likeness (QED) is 0.383. The molecule has 1 aliphatic heterocycles. The van der Waals surface area contributed by atoms with E-state index in [1.807, 2.05) is 7.05 Å². The Morgan fingerprint density at radius 2 is 2.16 bits per heavy atom. The molecule has 3 rings (SSSR count). The Hall–Kier alpha value is -0.900. The van der Waals surface area contributed by atoms with Crippen LogP contribution in [0.25, 0.3) is 0 Å². The minimum atomic E-state index is 0. The molecular weight excluding hydrogens is 431 g/mol. The molecule has 1 aromatic rings. The van der Waals surface area contributed by atoms with E-state index in [-0.39, 0.29) is 24.0 Å². The van der Waals surface area contributed by atoms with Crippen LogP contribution < -0.4 is 10.6 Å². The van der Waals surface area contributed by atoms with Crippen LogP contribution in [0, 0.1) is 0 Å². The zero-order chi connectivity index (χ0) is 17.1. The van der Waals surface area contributed by atoms with Crippen molar-refractivity contribution in [2.45, 2.75) is 70.5 Å². The number of rotatable bonds is 6. The highest BCUT2D eigenvalue weighted by atomic mass is 127. The summed E-state index contributed by atoms with van der Waals surface area (Å²) in [5, 5.41) is 10.9. The van der Waals surface area contributed by atoms with Crippen LogP contribution in [0.4, 0.5) is 0 Å². The molecule has 142 valence electrons. The second-order valence-corrected chi connectivity index (χ2v) is 7.30. The van der Waals surface area contributed by atoms with Gasteiger partial charge in [0, 0.05) is 50.6 Å². The Morgan fingerprint density at radius 3 is 2.76 bits per heavy atom. The average molecular weight is 462 g/mol. The van der Waals surface area contributed by atoms with Gasteiger partial charge in [-0.05, 0) is 26.2 Å². The molecule has 2 heterocycles. The van der Waals surface area contributed by atoms with Gasteiger partial charge >= 0.3 is 0 Å². The normalized spacial score (nSPS) is 24.4. The highest BCUT2D eigenvalue weighted by Gasteiger charge is 2.38. The predicted octanol–water partition coefficient (Wildman–Crippen LogP) is 2.14. The predicted molar refractivity (Wildman–Crippen MR) is 110 cm³/mol. The fraction of sp³-hybridized carbons (Fsp3) is 0.824. The van der Waals surface area contributed by atoms with E-state index in [0.717, 1.165) is 30.9 Å². The van der Waals surface area contributed by atoms with Crippen molar-refractivity contribution in [1.29, 1.82) is 0 Å². The number of hydrogen-bond donors (Lipinski definition) is 2. The first-order valence-corrected chi connectivity index (χ1v) is 9.12. The maximum absolute atomic E-state index is 5.27. The molecule has 0 aromatic carbocycles. The molecule has 1 aromatic heterocycles. The summed E-state index contributed by atoms with van der Waals surface area (Å²) in [6.07, 6.45) is 4.62. The van der Waals surface area contributed by atoms with Crippen LogP contribution in [0.3, 0.4) is 0 Å². The van der Waals surface area contributed by atoms with Gasteiger partial charge in [0.15, 0.2) is 11.8 Å². The average Bonchev–Trinajstić information content (AvgIpc) is 3.16. The number of nitrogens with zero attached hydrogens (tertiary/aromatic N) is 4. The van der Waals surface area contributed by atoms with Gasteiger partial charge in [0.05, 0.1) is 0 Å². The lowest BCUT2D eigenvalue weighted by atomic mass is 10.2. The third-order valence-corrected chi connectivity index (χ3v) is 4.83. The standard InChI is InChI=1S/C17H30N6O.HI/c1-11(2)16-21-15(24-22-16)7-8-19-17(18-4)20-13-9-12(3)23(10-13)14-5-6-14;/h11-14H,5-10H2,1-4H3,(H2,18,19,20);1H. The SMILES string of the molecule is CN=C(NCCc1nc(C(C)C)no1)NC1CC(C)N(C2CC2)C1.I. The lowest BCUT2D eigenvalue weighted by molar-refractivity contribution is 0.256. The summed E-state index contributed by atoms with van der Waals surface area (Å²) in [6.45, 7) is 8.30. The van der Waals surface area contributed by atoms with Crippen LogP contribution in [-0.4, -0.2) is 59.3 Å². The number of guanidine groups is 1. The molecule has 7 nitrogen and oxygen atoms in total. The number of nitrogens with one attached hydrogen (secondary N) is 2. The van der Waals surface area contributed by atoms with Crippen molar-refractivity contribution < 1.29 is 4.52 Å². The molecular formula is C17H31IN6O.